The first-order chi connectivity index (χ1) is 12.0. The van der Waals surface area contributed by atoms with Gasteiger partial charge in [-0.25, -0.2) is 4.79 Å². The fraction of sp³-hybridized carbons (Fsp3) is 0.579. The normalized spacial score (nSPS) is 21.9. The number of benzene rings is 1. The van der Waals surface area contributed by atoms with Crippen LogP contribution in [0.25, 0.3) is 0 Å². The van der Waals surface area contributed by atoms with Crippen LogP contribution < -0.4 is 5.32 Å². The number of nitrogens with zero attached hydrogens (tertiary/aromatic N) is 2. The fourth-order valence-corrected chi connectivity index (χ4v) is 3.90. The number of carbonyl (C=O) groups excluding carboxylic acids is 2. The van der Waals surface area contributed by atoms with Crippen LogP contribution in [0.1, 0.15) is 44.1 Å². The Morgan fingerprint density at radius 2 is 1.72 bits per heavy atom. The van der Waals surface area contributed by atoms with Gasteiger partial charge in [-0.2, -0.15) is 0 Å². The second-order valence-electron chi connectivity index (χ2n) is 7.07. The van der Waals surface area contributed by atoms with Crippen molar-refractivity contribution in [3.63, 3.8) is 0 Å². The minimum absolute atomic E-state index is 0.0277. The number of hydrogen-bond acceptors (Lipinski definition) is 2. The monoisotopic (exact) mass is 363 g/mol. The second kappa shape index (κ2) is 8.09. The Labute approximate surface area is 154 Å². The molecule has 2 fully saturated rings. The maximum Gasteiger partial charge on any atom is 0.317 e. The number of piperidine rings is 2. The summed E-state index contributed by atoms with van der Waals surface area (Å²) < 4.78 is 0. The molecule has 1 N–H and O–H groups in total. The van der Waals surface area contributed by atoms with Crippen LogP contribution in [0.2, 0.25) is 5.02 Å². The predicted molar refractivity (Wildman–Crippen MR) is 98.8 cm³/mol. The molecule has 1 aromatic rings. The molecule has 1 atom stereocenters. The average Bonchev–Trinajstić information content (AvgIpc) is 2.63. The molecule has 0 radical (unpaired) electrons. The van der Waals surface area contributed by atoms with Crippen LogP contribution in [0.4, 0.5) is 4.79 Å². The molecule has 3 amide bonds. The van der Waals surface area contributed by atoms with Crippen molar-refractivity contribution >= 4 is 23.5 Å². The molecule has 0 bridgehead atoms. The van der Waals surface area contributed by atoms with Crippen molar-refractivity contribution in [3.8, 4) is 0 Å². The van der Waals surface area contributed by atoms with Gasteiger partial charge in [-0.15, -0.1) is 0 Å². The van der Waals surface area contributed by atoms with Gasteiger partial charge in [0.25, 0.3) is 0 Å². The smallest absolute Gasteiger partial charge is 0.317 e. The Morgan fingerprint density at radius 1 is 1.04 bits per heavy atom. The third-order valence-electron chi connectivity index (χ3n) is 5.32. The van der Waals surface area contributed by atoms with Crippen LogP contribution in [0.3, 0.4) is 0 Å². The molecule has 0 spiro atoms. The average molecular weight is 364 g/mol. The molecule has 2 aliphatic rings. The first-order valence-electron chi connectivity index (χ1n) is 9.09. The Balaban J connectivity index is 1.52. The number of likely N-dealkylation sites (tertiary alicyclic amines) is 2. The summed E-state index contributed by atoms with van der Waals surface area (Å²) in [7, 11) is 0. The molecule has 136 valence electrons. The summed E-state index contributed by atoms with van der Waals surface area (Å²) in [5, 5.41) is 3.90. The zero-order chi connectivity index (χ0) is 17.8. The van der Waals surface area contributed by atoms with Gasteiger partial charge in [0.15, 0.2) is 0 Å². The van der Waals surface area contributed by atoms with Crippen molar-refractivity contribution in [2.24, 2.45) is 0 Å². The SMILES string of the molecule is CC(=O)N1CCC(NC(=O)N2CCCC(c3ccc(Cl)cc3)C2)CC1. The summed E-state index contributed by atoms with van der Waals surface area (Å²) in [6, 6.07) is 8.15. The van der Waals surface area contributed by atoms with E-state index in [-0.39, 0.29) is 18.0 Å². The van der Waals surface area contributed by atoms with Gasteiger partial charge in [-0.05, 0) is 43.4 Å². The predicted octanol–water partition coefficient (Wildman–Crippen LogP) is 3.24. The molecule has 3 rings (SSSR count). The minimum atomic E-state index is 0.0277. The van der Waals surface area contributed by atoms with Gasteiger partial charge in [0.2, 0.25) is 5.91 Å². The third kappa shape index (κ3) is 4.66. The number of nitrogens with one attached hydrogen (secondary N) is 1. The van der Waals surface area contributed by atoms with Crippen LogP contribution in [0.15, 0.2) is 24.3 Å². The molecule has 0 aliphatic carbocycles. The summed E-state index contributed by atoms with van der Waals surface area (Å²) in [5.41, 5.74) is 1.25. The highest BCUT2D eigenvalue weighted by Gasteiger charge is 2.27. The van der Waals surface area contributed by atoms with Crippen molar-refractivity contribution in [2.75, 3.05) is 26.2 Å². The van der Waals surface area contributed by atoms with E-state index in [0.717, 1.165) is 56.9 Å². The van der Waals surface area contributed by atoms with Crippen LogP contribution in [0, 0.1) is 0 Å². The third-order valence-corrected chi connectivity index (χ3v) is 5.57. The van der Waals surface area contributed by atoms with E-state index >= 15 is 0 Å². The van der Waals surface area contributed by atoms with E-state index in [1.165, 1.54) is 5.56 Å². The van der Waals surface area contributed by atoms with Crippen LogP contribution >= 0.6 is 11.6 Å². The highest BCUT2D eigenvalue weighted by Crippen LogP contribution is 2.28. The van der Waals surface area contributed by atoms with Gasteiger partial charge in [-0.1, -0.05) is 23.7 Å². The van der Waals surface area contributed by atoms with E-state index in [1.54, 1.807) is 6.92 Å². The van der Waals surface area contributed by atoms with Gasteiger partial charge in [-0.3, -0.25) is 4.79 Å². The summed E-state index contributed by atoms with van der Waals surface area (Å²) in [5.74, 6) is 0.489. The zero-order valence-electron chi connectivity index (χ0n) is 14.7. The van der Waals surface area contributed by atoms with Crippen molar-refractivity contribution in [1.29, 1.82) is 0 Å². The molecule has 6 heteroatoms. The molecular weight excluding hydrogens is 338 g/mol. The molecule has 1 unspecified atom stereocenters. The van der Waals surface area contributed by atoms with Gasteiger partial charge in [0.1, 0.15) is 0 Å². The number of amides is 3. The van der Waals surface area contributed by atoms with E-state index in [4.69, 9.17) is 11.6 Å². The molecule has 25 heavy (non-hydrogen) atoms. The summed E-state index contributed by atoms with van der Waals surface area (Å²) in [6.07, 6.45) is 3.78. The first-order valence-corrected chi connectivity index (χ1v) is 9.47. The quantitative estimate of drug-likeness (QED) is 0.877. The molecule has 1 aromatic carbocycles. The maximum atomic E-state index is 12.6. The fourth-order valence-electron chi connectivity index (χ4n) is 3.77. The topological polar surface area (TPSA) is 52.7 Å². The lowest BCUT2D eigenvalue weighted by molar-refractivity contribution is -0.129. The van der Waals surface area contributed by atoms with E-state index in [0.29, 0.717) is 5.92 Å². The lowest BCUT2D eigenvalue weighted by atomic mass is 9.91. The number of carbonyl (C=O) groups is 2. The minimum Gasteiger partial charge on any atom is -0.343 e. The Morgan fingerprint density at radius 3 is 2.36 bits per heavy atom. The number of halogens is 1. The van der Waals surface area contributed by atoms with Gasteiger partial charge >= 0.3 is 6.03 Å². The summed E-state index contributed by atoms with van der Waals surface area (Å²) in [6.45, 7) is 4.62. The van der Waals surface area contributed by atoms with Crippen molar-refractivity contribution < 1.29 is 9.59 Å². The van der Waals surface area contributed by atoms with Crippen LogP contribution in [0.5, 0.6) is 0 Å². The molecule has 0 aromatic heterocycles. The summed E-state index contributed by atoms with van der Waals surface area (Å²) >= 11 is 5.97. The number of urea groups is 1. The lowest BCUT2D eigenvalue weighted by Gasteiger charge is -2.36. The Bertz CT molecular complexity index is 612. The molecule has 2 saturated heterocycles. The van der Waals surface area contributed by atoms with Gasteiger partial charge in [0, 0.05) is 50.1 Å². The Kier molecular flexibility index (Phi) is 5.84. The van der Waals surface area contributed by atoms with Crippen molar-refractivity contribution in [2.45, 2.75) is 44.6 Å². The summed E-state index contributed by atoms with van der Waals surface area (Å²) in [4.78, 5) is 27.8. The second-order valence-corrected chi connectivity index (χ2v) is 7.50. The molecule has 5 nitrogen and oxygen atoms in total. The first kappa shape index (κ1) is 18.1. The number of rotatable bonds is 2. The maximum absolute atomic E-state index is 12.6. The highest BCUT2D eigenvalue weighted by atomic mass is 35.5. The van der Waals surface area contributed by atoms with E-state index in [9.17, 15) is 9.59 Å². The standard InChI is InChI=1S/C19H26ClN3O2/c1-14(24)22-11-8-18(9-12-22)21-19(25)23-10-2-3-16(13-23)15-4-6-17(20)7-5-15/h4-7,16,18H,2-3,8-13H2,1H3,(H,21,25). The van der Waals surface area contributed by atoms with E-state index in [1.807, 2.05) is 21.9 Å². The van der Waals surface area contributed by atoms with Gasteiger partial charge in [0.05, 0.1) is 0 Å². The molecule has 2 heterocycles. The van der Waals surface area contributed by atoms with Crippen LogP contribution in [-0.2, 0) is 4.79 Å². The molecule has 0 saturated carbocycles. The van der Waals surface area contributed by atoms with E-state index in [2.05, 4.69) is 17.4 Å². The Hall–Kier alpha value is -1.75. The van der Waals surface area contributed by atoms with Crippen molar-refractivity contribution in [3.05, 3.63) is 34.9 Å². The van der Waals surface area contributed by atoms with E-state index < -0.39 is 0 Å². The molecular formula is C19H26ClN3O2. The highest BCUT2D eigenvalue weighted by molar-refractivity contribution is 6.30. The zero-order valence-corrected chi connectivity index (χ0v) is 15.5. The van der Waals surface area contributed by atoms with Crippen molar-refractivity contribution in [1.82, 2.24) is 15.1 Å². The number of hydrogen-bond donors (Lipinski definition) is 1. The molecule has 2 aliphatic heterocycles. The largest absolute Gasteiger partial charge is 0.343 e. The van der Waals surface area contributed by atoms with Crippen LogP contribution in [-0.4, -0.2) is 54.0 Å². The lowest BCUT2D eigenvalue weighted by Crippen LogP contribution is -2.51. The van der Waals surface area contributed by atoms with Gasteiger partial charge < -0.3 is 15.1 Å².